The third kappa shape index (κ3) is 2.92. The summed E-state index contributed by atoms with van der Waals surface area (Å²) in [6, 6.07) is 9.38. The molecule has 0 saturated carbocycles. The number of hydrogen-bond donors (Lipinski definition) is 1. The van der Waals surface area contributed by atoms with Gasteiger partial charge >= 0.3 is 0 Å². The zero-order chi connectivity index (χ0) is 14.7. The first kappa shape index (κ1) is 14.0. The Balaban J connectivity index is 2.40. The molecule has 2 aromatic carbocycles. The molecule has 102 valence electrons. The number of anilines is 1. The minimum atomic E-state index is -0.503. The number of hydrogen-bond acceptors (Lipinski definition) is 5. The van der Waals surface area contributed by atoms with Gasteiger partial charge in [0, 0.05) is 6.07 Å². The molecule has 0 spiro atoms. The summed E-state index contributed by atoms with van der Waals surface area (Å²) in [6.07, 6.45) is 0. The first-order chi connectivity index (χ1) is 9.49. The average Bonchev–Trinajstić information content (AvgIpc) is 2.41. The van der Waals surface area contributed by atoms with Gasteiger partial charge in [-0.25, -0.2) is 0 Å². The van der Waals surface area contributed by atoms with Gasteiger partial charge in [-0.2, -0.15) is 0 Å². The van der Waals surface area contributed by atoms with Gasteiger partial charge in [-0.15, -0.1) is 10.2 Å². The molecule has 0 aliphatic heterocycles. The van der Waals surface area contributed by atoms with Crippen LogP contribution in [-0.2, 0) is 0 Å². The number of azo groups is 1. The quantitative estimate of drug-likeness (QED) is 0.389. The van der Waals surface area contributed by atoms with Crippen molar-refractivity contribution in [3.8, 4) is 0 Å². The second kappa shape index (κ2) is 5.66. The summed E-state index contributed by atoms with van der Waals surface area (Å²) >= 11 is 5.91. The summed E-state index contributed by atoms with van der Waals surface area (Å²) in [7, 11) is 0. The maximum absolute atomic E-state index is 10.9. The van der Waals surface area contributed by atoms with E-state index < -0.39 is 4.92 Å². The van der Waals surface area contributed by atoms with Crippen LogP contribution < -0.4 is 5.73 Å². The van der Waals surface area contributed by atoms with Crippen molar-refractivity contribution < 1.29 is 4.92 Å². The van der Waals surface area contributed by atoms with Crippen molar-refractivity contribution in [1.82, 2.24) is 0 Å². The number of benzene rings is 2. The zero-order valence-corrected chi connectivity index (χ0v) is 11.3. The van der Waals surface area contributed by atoms with Crippen LogP contribution in [-0.4, -0.2) is 4.92 Å². The zero-order valence-electron chi connectivity index (χ0n) is 10.6. The van der Waals surface area contributed by atoms with Crippen molar-refractivity contribution in [3.05, 3.63) is 57.1 Å². The maximum Gasteiger partial charge on any atom is 0.296 e. The van der Waals surface area contributed by atoms with Gasteiger partial charge in [0.25, 0.3) is 5.69 Å². The number of para-hydroxylation sites is 1. The molecule has 0 aliphatic carbocycles. The highest BCUT2D eigenvalue weighted by Crippen LogP contribution is 2.32. The lowest BCUT2D eigenvalue weighted by Gasteiger charge is -2.03. The molecule has 0 atom stereocenters. The first-order valence-electron chi connectivity index (χ1n) is 5.70. The van der Waals surface area contributed by atoms with Gasteiger partial charge in [-0.3, -0.25) is 10.1 Å². The number of nitrogens with zero attached hydrogens (tertiary/aromatic N) is 3. The second-order valence-electron chi connectivity index (χ2n) is 4.11. The van der Waals surface area contributed by atoms with E-state index in [1.54, 1.807) is 31.2 Å². The summed E-state index contributed by atoms with van der Waals surface area (Å²) in [5.41, 5.74) is 7.51. The van der Waals surface area contributed by atoms with Crippen LogP contribution in [0.2, 0.25) is 5.02 Å². The van der Waals surface area contributed by atoms with E-state index in [0.29, 0.717) is 16.4 Å². The Kier molecular flexibility index (Phi) is 3.95. The summed E-state index contributed by atoms with van der Waals surface area (Å²) in [5, 5.41) is 19.1. The van der Waals surface area contributed by atoms with Gasteiger partial charge in [0.2, 0.25) is 0 Å². The third-order valence-electron chi connectivity index (χ3n) is 2.66. The van der Waals surface area contributed by atoms with Crippen LogP contribution in [0.3, 0.4) is 0 Å². The van der Waals surface area contributed by atoms with Crippen molar-refractivity contribution in [2.24, 2.45) is 10.2 Å². The summed E-state index contributed by atoms with van der Waals surface area (Å²) < 4.78 is 0. The number of nitro groups is 1. The van der Waals surface area contributed by atoms with E-state index in [9.17, 15) is 10.1 Å². The minimum absolute atomic E-state index is 0.101. The molecule has 2 aromatic rings. The normalized spacial score (nSPS) is 10.9. The highest BCUT2D eigenvalue weighted by atomic mass is 35.5. The molecule has 0 aromatic heterocycles. The molecule has 0 fully saturated rings. The van der Waals surface area contributed by atoms with Crippen LogP contribution in [0.4, 0.5) is 22.7 Å². The molecule has 0 heterocycles. The standard InChI is InChI=1S/C13H11ClN4O2/c1-8-6-10(15)9(14)7-12(8)17-16-11-4-2-3-5-13(11)18(19)20/h2-7H,15H2,1H3. The molecule has 0 saturated heterocycles. The predicted molar refractivity (Wildman–Crippen MR) is 77.9 cm³/mol. The molecule has 0 amide bonds. The van der Waals surface area contributed by atoms with E-state index in [-0.39, 0.29) is 11.4 Å². The van der Waals surface area contributed by atoms with Gasteiger partial charge in [0.05, 0.1) is 21.3 Å². The van der Waals surface area contributed by atoms with Crippen LogP contribution in [0.5, 0.6) is 0 Å². The van der Waals surface area contributed by atoms with Crippen LogP contribution in [0, 0.1) is 17.0 Å². The summed E-state index contributed by atoms with van der Waals surface area (Å²) in [4.78, 5) is 10.4. The highest BCUT2D eigenvalue weighted by Gasteiger charge is 2.11. The van der Waals surface area contributed by atoms with E-state index in [2.05, 4.69) is 10.2 Å². The Bertz CT molecular complexity index is 701. The number of rotatable bonds is 3. The van der Waals surface area contributed by atoms with Gasteiger partial charge < -0.3 is 5.73 Å². The average molecular weight is 291 g/mol. The molecule has 6 nitrogen and oxygen atoms in total. The van der Waals surface area contributed by atoms with Crippen molar-refractivity contribution in [2.75, 3.05) is 5.73 Å². The van der Waals surface area contributed by atoms with Gasteiger partial charge in [0.15, 0.2) is 5.69 Å². The fourth-order valence-electron chi connectivity index (χ4n) is 1.61. The number of nitrogens with two attached hydrogens (primary N) is 1. The smallest absolute Gasteiger partial charge is 0.296 e. The van der Waals surface area contributed by atoms with E-state index in [1.165, 1.54) is 12.1 Å². The monoisotopic (exact) mass is 290 g/mol. The van der Waals surface area contributed by atoms with Crippen LogP contribution in [0.1, 0.15) is 5.56 Å². The second-order valence-corrected chi connectivity index (χ2v) is 4.51. The van der Waals surface area contributed by atoms with Crippen molar-refractivity contribution in [1.29, 1.82) is 0 Å². The predicted octanol–water partition coefficient (Wildman–Crippen LogP) is 4.55. The molecule has 0 bridgehead atoms. The van der Waals surface area contributed by atoms with E-state index in [0.717, 1.165) is 5.56 Å². The maximum atomic E-state index is 10.9. The van der Waals surface area contributed by atoms with Crippen molar-refractivity contribution >= 4 is 34.4 Å². The Labute approximate surface area is 120 Å². The fraction of sp³-hybridized carbons (Fsp3) is 0.0769. The molecular formula is C13H11ClN4O2. The topological polar surface area (TPSA) is 93.9 Å². The Hall–Kier alpha value is -2.47. The van der Waals surface area contributed by atoms with Gasteiger partial charge in [-0.05, 0) is 30.7 Å². The molecule has 0 aliphatic rings. The van der Waals surface area contributed by atoms with Gasteiger partial charge in [0.1, 0.15) is 0 Å². The first-order valence-corrected chi connectivity index (χ1v) is 6.07. The third-order valence-corrected chi connectivity index (χ3v) is 2.99. The number of aryl methyl sites for hydroxylation is 1. The largest absolute Gasteiger partial charge is 0.398 e. The van der Waals surface area contributed by atoms with Crippen LogP contribution >= 0.6 is 11.6 Å². The lowest BCUT2D eigenvalue weighted by Crippen LogP contribution is -1.88. The molecule has 2 N–H and O–H groups in total. The molecule has 0 radical (unpaired) electrons. The summed E-state index contributed by atoms with van der Waals surface area (Å²) in [6.45, 7) is 1.81. The molecular weight excluding hydrogens is 280 g/mol. The van der Waals surface area contributed by atoms with E-state index in [1.807, 2.05) is 0 Å². The molecule has 2 rings (SSSR count). The Morgan fingerprint density at radius 1 is 1.20 bits per heavy atom. The Morgan fingerprint density at radius 3 is 2.55 bits per heavy atom. The molecule has 0 unspecified atom stereocenters. The van der Waals surface area contributed by atoms with Gasteiger partial charge in [-0.1, -0.05) is 23.7 Å². The van der Waals surface area contributed by atoms with Crippen molar-refractivity contribution in [2.45, 2.75) is 6.92 Å². The van der Waals surface area contributed by atoms with E-state index in [4.69, 9.17) is 17.3 Å². The van der Waals surface area contributed by atoms with Crippen LogP contribution in [0.15, 0.2) is 46.6 Å². The molecule has 7 heteroatoms. The lowest BCUT2D eigenvalue weighted by molar-refractivity contribution is -0.384. The lowest BCUT2D eigenvalue weighted by atomic mass is 10.2. The SMILES string of the molecule is Cc1cc(N)c(Cl)cc1N=Nc1ccccc1[N+](=O)[O-]. The number of halogens is 1. The highest BCUT2D eigenvalue weighted by molar-refractivity contribution is 6.33. The Morgan fingerprint density at radius 2 is 1.85 bits per heavy atom. The minimum Gasteiger partial charge on any atom is -0.398 e. The number of nitro benzene ring substituents is 1. The molecule has 20 heavy (non-hydrogen) atoms. The van der Waals surface area contributed by atoms with Crippen LogP contribution in [0.25, 0.3) is 0 Å². The van der Waals surface area contributed by atoms with E-state index >= 15 is 0 Å². The fourth-order valence-corrected chi connectivity index (χ4v) is 1.77. The number of nitrogen functional groups attached to an aromatic ring is 1. The van der Waals surface area contributed by atoms with Crippen molar-refractivity contribution in [3.63, 3.8) is 0 Å². The summed E-state index contributed by atoms with van der Waals surface area (Å²) in [5.74, 6) is 0.